The molecule has 0 spiro atoms. The van der Waals surface area contributed by atoms with Gasteiger partial charge in [0.2, 0.25) is 0 Å². The van der Waals surface area contributed by atoms with E-state index in [-0.39, 0.29) is 17.2 Å². The molecule has 2 aromatic carbocycles. The molecule has 4 nitrogen and oxygen atoms in total. The number of amides is 1. The van der Waals surface area contributed by atoms with Crippen molar-refractivity contribution in [3.63, 3.8) is 0 Å². The molecule has 0 saturated heterocycles. The number of aryl methyl sites for hydroxylation is 1. The van der Waals surface area contributed by atoms with Crippen molar-refractivity contribution >= 4 is 21.8 Å². The zero-order valence-corrected chi connectivity index (χ0v) is 14.1. The van der Waals surface area contributed by atoms with Crippen LogP contribution in [0, 0.1) is 6.92 Å². The van der Waals surface area contributed by atoms with Crippen molar-refractivity contribution in [2.24, 2.45) is 0 Å². The molecule has 1 amide bonds. The molecule has 0 unspecified atom stereocenters. The Bertz CT molecular complexity index is 673. The first-order chi connectivity index (χ1) is 10.5. The summed E-state index contributed by atoms with van der Waals surface area (Å²) < 4.78 is 6.41. The predicted octanol–water partition coefficient (Wildman–Crippen LogP) is 3.61. The van der Waals surface area contributed by atoms with Gasteiger partial charge < -0.3 is 14.7 Å². The number of hydrogen-bond donors (Lipinski definition) is 1. The molecule has 2 aromatic rings. The molecule has 1 N–H and O–H groups in total. The second-order valence-electron chi connectivity index (χ2n) is 5.00. The van der Waals surface area contributed by atoms with Crippen molar-refractivity contribution in [3.05, 3.63) is 58.1 Å². The minimum Gasteiger partial charge on any atom is -0.507 e. The summed E-state index contributed by atoms with van der Waals surface area (Å²) in [5.74, 6) is 0.541. The van der Waals surface area contributed by atoms with Gasteiger partial charge in [-0.3, -0.25) is 4.79 Å². The number of halogens is 1. The normalized spacial score (nSPS) is 10.3. The van der Waals surface area contributed by atoms with Gasteiger partial charge in [0, 0.05) is 11.5 Å². The zero-order valence-electron chi connectivity index (χ0n) is 12.5. The molecule has 0 aliphatic rings. The van der Waals surface area contributed by atoms with Gasteiger partial charge in [-0.15, -0.1) is 0 Å². The van der Waals surface area contributed by atoms with Crippen LogP contribution in [0.3, 0.4) is 0 Å². The molecule has 2 rings (SSSR count). The van der Waals surface area contributed by atoms with E-state index in [0.29, 0.717) is 13.2 Å². The van der Waals surface area contributed by atoms with Crippen LogP contribution in [0.25, 0.3) is 0 Å². The second kappa shape index (κ2) is 7.31. The van der Waals surface area contributed by atoms with Gasteiger partial charge in [0.25, 0.3) is 5.91 Å². The number of carbonyl (C=O) groups excluding carboxylic acids is 1. The lowest BCUT2D eigenvalue weighted by molar-refractivity contribution is 0.0770. The molecule has 0 radical (unpaired) electrons. The standard InChI is InChI=1S/C17H18BrNO3/c1-12-5-3-4-6-16(12)22-10-9-19(2)17(21)14-8-7-13(18)11-15(14)20/h3-8,11,20H,9-10H2,1-2H3. The Morgan fingerprint density at radius 1 is 1.27 bits per heavy atom. The van der Waals surface area contributed by atoms with E-state index in [4.69, 9.17) is 4.74 Å². The van der Waals surface area contributed by atoms with Crippen LogP contribution in [0.5, 0.6) is 11.5 Å². The number of likely N-dealkylation sites (N-methyl/N-ethyl adjacent to an activating group) is 1. The second-order valence-corrected chi connectivity index (χ2v) is 5.92. The van der Waals surface area contributed by atoms with E-state index in [1.165, 1.54) is 11.0 Å². The number of para-hydroxylation sites is 1. The Morgan fingerprint density at radius 2 is 2.00 bits per heavy atom. The summed E-state index contributed by atoms with van der Waals surface area (Å²) in [6.07, 6.45) is 0. The summed E-state index contributed by atoms with van der Waals surface area (Å²) >= 11 is 3.25. The Balaban J connectivity index is 1.93. The maximum atomic E-state index is 12.3. The number of benzene rings is 2. The summed E-state index contributed by atoms with van der Waals surface area (Å²) in [6.45, 7) is 2.80. The third kappa shape index (κ3) is 4.01. The fourth-order valence-corrected chi connectivity index (χ4v) is 2.35. The predicted molar refractivity (Wildman–Crippen MR) is 89.4 cm³/mol. The minimum absolute atomic E-state index is 0.0361. The summed E-state index contributed by atoms with van der Waals surface area (Å²) in [5, 5.41) is 9.84. The van der Waals surface area contributed by atoms with E-state index < -0.39 is 0 Å². The number of ether oxygens (including phenoxy) is 1. The van der Waals surface area contributed by atoms with E-state index in [2.05, 4.69) is 15.9 Å². The average Bonchev–Trinajstić information content (AvgIpc) is 2.48. The highest BCUT2D eigenvalue weighted by atomic mass is 79.9. The van der Waals surface area contributed by atoms with E-state index >= 15 is 0 Å². The van der Waals surface area contributed by atoms with Crippen LogP contribution in [0.2, 0.25) is 0 Å². The molecule has 5 heteroatoms. The van der Waals surface area contributed by atoms with Gasteiger partial charge in [-0.2, -0.15) is 0 Å². The van der Waals surface area contributed by atoms with Crippen LogP contribution in [0.1, 0.15) is 15.9 Å². The summed E-state index contributed by atoms with van der Waals surface area (Å²) in [7, 11) is 1.69. The Hall–Kier alpha value is -2.01. The number of nitrogens with zero attached hydrogens (tertiary/aromatic N) is 1. The summed E-state index contributed by atoms with van der Waals surface area (Å²) in [6, 6.07) is 12.6. The average molecular weight is 364 g/mol. The zero-order chi connectivity index (χ0) is 16.1. The van der Waals surface area contributed by atoms with Crippen LogP contribution in [-0.4, -0.2) is 36.1 Å². The number of rotatable bonds is 5. The molecule has 0 fully saturated rings. The van der Waals surface area contributed by atoms with Crippen molar-refractivity contribution in [1.29, 1.82) is 0 Å². The van der Waals surface area contributed by atoms with Gasteiger partial charge in [0.05, 0.1) is 12.1 Å². The lowest BCUT2D eigenvalue weighted by atomic mass is 10.2. The largest absolute Gasteiger partial charge is 0.507 e. The van der Waals surface area contributed by atoms with E-state index in [0.717, 1.165) is 15.8 Å². The van der Waals surface area contributed by atoms with Gasteiger partial charge in [-0.05, 0) is 36.8 Å². The molecule has 0 aromatic heterocycles. The Kier molecular flexibility index (Phi) is 5.44. The van der Waals surface area contributed by atoms with Gasteiger partial charge >= 0.3 is 0 Å². The van der Waals surface area contributed by atoms with Crippen LogP contribution in [0.4, 0.5) is 0 Å². The van der Waals surface area contributed by atoms with Crippen molar-refractivity contribution in [2.75, 3.05) is 20.2 Å². The van der Waals surface area contributed by atoms with Crippen molar-refractivity contribution in [1.82, 2.24) is 4.90 Å². The van der Waals surface area contributed by atoms with Crippen LogP contribution < -0.4 is 4.74 Å². The third-order valence-corrected chi connectivity index (χ3v) is 3.81. The minimum atomic E-state index is -0.238. The molecule has 0 atom stereocenters. The first kappa shape index (κ1) is 16.4. The first-order valence-electron chi connectivity index (χ1n) is 6.91. The molecule has 116 valence electrons. The fraction of sp³-hybridized carbons (Fsp3) is 0.235. The van der Waals surface area contributed by atoms with E-state index in [9.17, 15) is 9.90 Å². The smallest absolute Gasteiger partial charge is 0.257 e. The molecule has 0 aliphatic heterocycles. The molecule has 0 saturated carbocycles. The quantitative estimate of drug-likeness (QED) is 0.882. The monoisotopic (exact) mass is 363 g/mol. The van der Waals surface area contributed by atoms with Crippen LogP contribution in [0.15, 0.2) is 46.9 Å². The van der Waals surface area contributed by atoms with Gasteiger partial charge in [0.1, 0.15) is 18.1 Å². The molecular weight excluding hydrogens is 346 g/mol. The van der Waals surface area contributed by atoms with Crippen LogP contribution in [-0.2, 0) is 0 Å². The molecule has 0 bridgehead atoms. The van der Waals surface area contributed by atoms with E-state index in [1.807, 2.05) is 31.2 Å². The van der Waals surface area contributed by atoms with Crippen LogP contribution >= 0.6 is 15.9 Å². The van der Waals surface area contributed by atoms with Gasteiger partial charge in [0.15, 0.2) is 0 Å². The Labute approximate surface area is 138 Å². The van der Waals surface area contributed by atoms with Crippen molar-refractivity contribution in [3.8, 4) is 11.5 Å². The lowest BCUT2D eigenvalue weighted by Crippen LogP contribution is -2.31. The third-order valence-electron chi connectivity index (χ3n) is 3.31. The van der Waals surface area contributed by atoms with Gasteiger partial charge in [-0.1, -0.05) is 34.1 Å². The Morgan fingerprint density at radius 3 is 2.68 bits per heavy atom. The summed E-state index contributed by atoms with van der Waals surface area (Å²) in [5.41, 5.74) is 1.34. The number of carbonyl (C=O) groups is 1. The first-order valence-corrected chi connectivity index (χ1v) is 7.70. The maximum absolute atomic E-state index is 12.3. The SMILES string of the molecule is Cc1ccccc1OCCN(C)C(=O)c1ccc(Br)cc1O. The number of aromatic hydroxyl groups is 1. The van der Waals surface area contributed by atoms with Crippen molar-refractivity contribution < 1.29 is 14.6 Å². The highest BCUT2D eigenvalue weighted by Gasteiger charge is 2.15. The fourth-order valence-electron chi connectivity index (χ4n) is 2.00. The number of phenols is 1. The van der Waals surface area contributed by atoms with Crippen molar-refractivity contribution in [2.45, 2.75) is 6.92 Å². The molecular formula is C17H18BrNO3. The number of phenolic OH excluding ortho intramolecular Hbond substituents is 1. The summed E-state index contributed by atoms with van der Waals surface area (Å²) in [4.78, 5) is 13.8. The highest BCUT2D eigenvalue weighted by molar-refractivity contribution is 9.10. The molecule has 22 heavy (non-hydrogen) atoms. The lowest BCUT2D eigenvalue weighted by Gasteiger charge is -2.18. The van der Waals surface area contributed by atoms with E-state index in [1.54, 1.807) is 19.2 Å². The van der Waals surface area contributed by atoms with Gasteiger partial charge in [-0.25, -0.2) is 0 Å². The maximum Gasteiger partial charge on any atom is 0.257 e. The molecule has 0 aliphatic carbocycles. The number of hydrogen-bond acceptors (Lipinski definition) is 3. The molecule has 0 heterocycles. The highest BCUT2D eigenvalue weighted by Crippen LogP contribution is 2.23. The topological polar surface area (TPSA) is 49.8 Å².